The molecule has 210 valence electrons. The lowest BCUT2D eigenvalue weighted by atomic mass is 9.80. The number of benzene rings is 2. The minimum Gasteiger partial charge on any atom is -0.480 e. The van der Waals surface area contributed by atoms with Gasteiger partial charge >= 0.3 is 5.97 Å². The summed E-state index contributed by atoms with van der Waals surface area (Å²) in [5.74, 6) is 0.991. The van der Waals surface area contributed by atoms with Gasteiger partial charge in [0.1, 0.15) is 11.9 Å². The van der Waals surface area contributed by atoms with E-state index in [1.165, 1.54) is 56.6 Å². The molecule has 2 aliphatic heterocycles. The molecule has 0 bridgehead atoms. The average Bonchev–Trinajstić information content (AvgIpc) is 3.52. The fourth-order valence-corrected chi connectivity index (χ4v) is 7.89. The van der Waals surface area contributed by atoms with Crippen LogP contribution in [0.3, 0.4) is 0 Å². The van der Waals surface area contributed by atoms with Crippen molar-refractivity contribution in [3.8, 4) is 0 Å². The third kappa shape index (κ3) is 6.57. The summed E-state index contributed by atoms with van der Waals surface area (Å²) < 4.78 is 14.2. The maximum atomic E-state index is 14.2. The number of carboxylic acids is 1. The smallest absolute Gasteiger partial charge is 0.320 e. The van der Waals surface area contributed by atoms with Crippen LogP contribution in [0.5, 0.6) is 0 Å². The molecule has 0 spiro atoms. The van der Waals surface area contributed by atoms with Crippen LogP contribution in [0.1, 0.15) is 74.8 Å². The van der Waals surface area contributed by atoms with Crippen LogP contribution in [-0.2, 0) is 11.2 Å². The maximum Gasteiger partial charge on any atom is 0.320 e. The van der Waals surface area contributed by atoms with Crippen LogP contribution in [0, 0.1) is 29.0 Å². The van der Waals surface area contributed by atoms with Crippen LogP contribution in [0.4, 0.5) is 4.39 Å². The monoisotopic (exact) mass is 532 g/mol. The second-order valence-corrected chi connectivity index (χ2v) is 13.4. The quantitative estimate of drug-likeness (QED) is 0.354. The Balaban J connectivity index is 1.07. The molecule has 0 radical (unpaired) electrons. The molecule has 4 nitrogen and oxygen atoms in total. The Morgan fingerprint density at radius 3 is 2.38 bits per heavy atom. The highest BCUT2D eigenvalue weighted by Crippen LogP contribution is 2.54. The Bertz CT molecular complexity index is 1110. The van der Waals surface area contributed by atoms with E-state index < -0.39 is 12.0 Å². The first-order valence-electron chi connectivity index (χ1n) is 15.4. The molecule has 5 heteroatoms. The highest BCUT2D eigenvalue weighted by Gasteiger charge is 2.45. The van der Waals surface area contributed by atoms with Gasteiger partial charge in [-0.25, -0.2) is 4.39 Å². The third-order valence-corrected chi connectivity index (χ3v) is 10.6. The van der Waals surface area contributed by atoms with E-state index in [-0.39, 0.29) is 11.7 Å². The largest absolute Gasteiger partial charge is 0.480 e. The number of carboxylic acid groups (broad SMARTS) is 1. The molecule has 2 aromatic rings. The summed E-state index contributed by atoms with van der Waals surface area (Å²) in [5, 5.41) is 10.1. The van der Waals surface area contributed by atoms with Crippen molar-refractivity contribution in [2.24, 2.45) is 23.2 Å². The summed E-state index contributed by atoms with van der Waals surface area (Å²) >= 11 is 0. The van der Waals surface area contributed by atoms with Crippen molar-refractivity contribution >= 4 is 5.97 Å². The van der Waals surface area contributed by atoms with E-state index in [0.717, 1.165) is 63.5 Å². The number of hydrogen-bond donors (Lipinski definition) is 1. The number of likely N-dealkylation sites (tertiary alicyclic amines) is 2. The third-order valence-electron chi connectivity index (χ3n) is 10.6. The molecule has 0 aromatic heterocycles. The zero-order valence-electron chi connectivity index (χ0n) is 23.3. The van der Waals surface area contributed by atoms with Crippen molar-refractivity contribution in [2.45, 2.75) is 76.2 Å². The lowest BCUT2D eigenvalue weighted by molar-refractivity contribution is -0.144. The molecule has 2 saturated carbocycles. The van der Waals surface area contributed by atoms with E-state index in [9.17, 15) is 14.3 Å². The summed E-state index contributed by atoms with van der Waals surface area (Å²) in [5.41, 5.74) is 3.05. The first-order valence-corrected chi connectivity index (χ1v) is 15.4. The predicted octanol–water partition coefficient (Wildman–Crippen LogP) is 6.61. The Hall–Kier alpha value is -2.24. The molecule has 2 heterocycles. The van der Waals surface area contributed by atoms with E-state index in [1.807, 2.05) is 12.1 Å². The van der Waals surface area contributed by atoms with E-state index in [2.05, 4.69) is 40.1 Å². The normalized spacial score (nSPS) is 26.8. The molecule has 39 heavy (non-hydrogen) atoms. The van der Waals surface area contributed by atoms with E-state index in [1.54, 1.807) is 6.07 Å². The van der Waals surface area contributed by atoms with Gasteiger partial charge in [-0.2, -0.15) is 0 Å². The number of carbonyl (C=O) groups is 1. The molecule has 3 unspecified atom stereocenters. The predicted molar refractivity (Wildman–Crippen MR) is 153 cm³/mol. The summed E-state index contributed by atoms with van der Waals surface area (Å²) in [6.07, 6.45) is 12.2. The van der Waals surface area contributed by atoms with Gasteiger partial charge < -0.3 is 10.0 Å². The topological polar surface area (TPSA) is 43.8 Å². The van der Waals surface area contributed by atoms with Crippen LogP contribution in [0.2, 0.25) is 0 Å². The van der Waals surface area contributed by atoms with Gasteiger partial charge in [0.25, 0.3) is 0 Å². The van der Waals surface area contributed by atoms with Gasteiger partial charge in [0.05, 0.1) is 0 Å². The fourth-order valence-electron chi connectivity index (χ4n) is 7.89. The summed E-state index contributed by atoms with van der Waals surface area (Å²) in [4.78, 5) is 17.2. The van der Waals surface area contributed by atoms with Crippen molar-refractivity contribution in [1.82, 2.24) is 9.80 Å². The van der Waals surface area contributed by atoms with Gasteiger partial charge in [-0.05, 0) is 104 Å². The molecule has 4 aliphatic rings. The molecule has 4 fully saturated rings. The van der Waals surface area contributed by atoms with Crippen molar-refractivity contribution < 1.29 is 14.3 Å². The molecular formula is C34H45FN2O2. The molecule has 2 aromatic carbocycles. The standard InChI is InChI=1S/C34H45FN2O2/c35-30-11-5-10-28(19-30)31-24-37(32(33(38)39)18-25-8-4-9-25)23-29(31)22-36-16-12-27(13-17-36)21-34(14-15-34)20-26-6-2-1-3-7-26/h1-3,5-7,10-11,19,25,27,29,31-32H,4,8-9,12-18,20-24H2,(H,38,39). The Morgan fingerprint density at radius 1 is 0.974 bits per heavy atom. The Labute approximate surface area is 233 Å². The van der Waals surface area contributed by atoms with Crippen LogP contribution < -0.4 is 0 Å². The molecule has 2 aliphatic carbocycles. The SMILES string of the molecule is O=C(O)C(CC1CCC1)N1CC(CN2CCC(CC3(Cc4ccccc4)CC3)CC2)C(c2cccc(F)c2)C1. The molecule has 0 amide bonds. The van der Waals surface area contributed by atoms with Crippen molar-refractivity contribution in [2.75, 3.05) is 32.7 Å². The lowest BCUT2D eigenvalue weighted by Crippen LogP contribution is -2.43. The fraction of sp³-hybridized carbons (Fsp3) is 0.618. The second-order valence-electron chi connectivity index (χ2n) is 13.4. The maximum absolute atomic E-state index is 14.2. The zero-order chi connectivity index (χ0) is 26.8. The van der Waals surface area contributed by atoms with Crippen LogP contribution in [-0.4, -0.2) is 59.6 Å². The van der Waals surface area contributed by atoms with Gasteiger partial charge in [-0.3, -0.25) is 9.69 Å². The van der Waals surface area contributed by atoms with Gasteiger partial charge in [0.2, 0.25) is 0 Å². The first-order chi connectivity index (χ1) is 19.0. The molecular weight excluding hydrogens is 487 g/mol. The lowest BCUT2D eigenvalue weighted by Gasteiger charge is -2.36. The molecule has 1 N–H and O–H groups in total. The van der Waals surface area contributed by atoms with Crippen LogP contribution in [0.15, 0.2) is 54.6 Å². The van der Waals surface area contributed by atoms with E-state index in [4.69, 9.17) is 0 Å². The van der Waals surface area contributed by atoms with Crippen molar-refractivity contribution in [1.29, 1.82) is 0 Å². The Kier molecular flexibility index (Phi) is 8.09. The van der Waals surface area contributed by atoms with Gasteiger partial charge in [-0.15, -0.1) is 0 Å². The molecule has 6 rings (SSSR count). The highest BCUT2D eigenvalue weighted by molar-refractivity contribution is 5.73. The van der Waals surface area contributed by atoms with Gasteiger partial charge in [-0.1, -0.05) is 61.7 Å². The number of nitrogens with zero attached hydrogens (tertiary/aromatic N) is 2. The summed E-state index contributed by atoms with van der Waals surface area (Å²) in [7, 11) is 0. The number of piperidine rings is 1. The van der Waals surface area contributed by atoms with E-state index in [0.29, 0.717) is 17.3 Å². The number of rotatable bonds is 11. The van der Waals surface area contributed by atoms with E-state index >= 15 is 0 Å². The molecule has 3 atom stereocenters. The van der Waals surface area contributed by atoms with Crippen LogP contribution >= 0.6 is 0 Å². The summed E-state index contributed by atoms with van der Waals surface area (Å²) in [6, 6.07) is 17.6. The van der Waals surface area contributed by atoms with Crippen molar-refractivity contribution in [3.05, 3.63) is 71.5 Å². The summed E-state index contributed by atoms with van der Waals surface area (Å²) in [6.45, 7) is 4.75. The van der Waals surface area contributed by atoms with Crippen molar-refractivity contribution in [3.63, 3.8) is 0 Å². The number of aliphatic carboxylic acids is 1. The number of halogens is 1. The second kappa shape index (κ2) is 11.7. The number of hydrogen-bond acceptors (Lipinski definition) is 3. The average molecular weight is 533 g/mol. The Morgan fingerprint density at radius 2 is 1.74 bits per heavy atom. The van der Waals surface area contributed by atoms with Gasteiger partial charge in [0, 0.05) is 25.6 Å². The highest BCUT2D eigenvalue weighted by atomic mass is 19.1. The minimum absolute atomic E-state index is 0.183. The van der Waals surface area contributed by atoms with Crippen LogP contribution in [0.25, 0.3) is 0 Å². The van der Waals surface area contributed by atoms with Gasteiger partial charge in [0.15, 0.2) is 0 Å². The molecule has 2 saturated heterocycles. The minimum atomic E-state index is -0.689. The zero-order valence-corrected chi connectivity index (χ0v) is 23.3. The first kappa shape index (κ1) is 27.0.